The van der Waals surface area contributed by atoms with E-state index in [0.717, 1.165) is 25.1 Å². The van der Waals surface area contributed by atoms with Crippen LogP contribution in [-0.2, 0) is 12.0 Å². The number of hydrogen-bond acceptors (Lipinski definition) is 4. The van der Waals surface area contributed by atoms with Crippen LogP contribution in [0.1, 0.15) is 24.0 Å². The third-order valence-corrected chi connectivity index (χ3v) is 4.94. The maximum atomic E-state index is 10.1. The summed E-state index contributed by atoms with van der Waals surface area (Å²) >= 11 is 0. The quantitative estimate of drug-likeness (QED) is 0.704. The summed E-state index contributed by atoms with van der Waals surface area (Å²) in [5.74, 6) is 0.839. The molecule has 1 aromatic rings. The van der Waals surface area contributed by atoms with Gasteiger partial charge in [-0.1, -0.05) is 18.2 Å². The Kier molecular flexibility index (Phi) is 2.44. The minimum Gasteiger partial charge on any atom is -0.504 e. The lowest BCUT2D eigenvalue weighted by Crippen LogP contribution is -2.42. The lowest BCUT2D eigenvalue weighted by Gasteiger charge is -2.35. The molecular formula is C16H19NO3. The zero-order valence-corrected chi connectivity index (χ0v) is 11.5. The van der Waals surface area contributed by atoms with E-state index in [0.29, 0.717) is 12.2 Å². The van der Waals surface area contributed by atoms with Gasteiger partial charge in [0.15, 0.2) is 11.5 Å². The van der Waals surface area contributed by atoms with Crippen molar-refractivity contribution in [1.82, 2.24) is 4.90 Å². The molecule has 2 heterocycles. The zero-order chi connectivity index (χ0) is 13.9. The van der Waals surface area contributed by atoms with Gasteiger partial charge in [0.25, 0.3) is 0 Å². The number of nitrogens with zero attached hydrogens (tertiary/aromatic N) is 1. The molecule has 0 fully saturated rings. The van der Waals surface area contributed by atoms with Crippen LogP contribution in [0, 0.1) is 0 Å². The van der Waals surface area contributed by atoms with Gasteiger partial charge in [0.2, 0.25) is 0 Å². The van der Waals surface area contributed by atoms with Crippen LogP contribution in [0.3, 0.4) is 0 Å². The predicted molar refractivity (Wildman–Crippen MR) is 74.9 cm³/mol. The van der Waals surface area contributed by atoms with Crippen molar-refractivity contribution in [3.63, 3.8) is 0 Å². The van der Waals surface area contributed by atoms with Crippen LogP contribution >= 0.6 is 0 Å². The monoisotopic (exact) mass is 273 g/mol. The molecule has 2 aliphatic heterocycles. The van der Waals surface area contributed by atoms with Crippen molar-refractivity contribution in [1.29, 1.82) is 0 Å². The predicted octanol–water partition coefficient (Wildman–Crippen LogP) is 1.55. The maximum Gasteiger partial charge on any atom is 0.165 e. The van der Waals surface area contributed by atoms with E-state index < -0.39 is 6.10 Å². The highest BCUT2D eigenvalue weighted by molar-refractivity contribution is 5.60. The second kappa shape index (κ2) is 3.99. The number of aromatic hydroxyl groups is 1. The van der Waals surface area contributed by atoms with Crippen molar-refractivity contribution in [3.05, 3.63) is 35.4 Å². The molecule has 106 valence electrons. The van der Waals surface area contributed by atoms with Crippen molar-refractivity contribution in [2.45, 2.75) is 37.0 Å². The molecule has 4 rings (SSSR count). The van der Waals surface area contributed by atoms with Crippen molar-refractivity contribution >= 4 is 0 Å². The summed E-state index contributed by atoms with van der Waals surface area (Å²) in [4.78, 5) is 2.30. The number of phenolic OH excluding ortho intramolecular Hbond substituents is 1. The molecular weight excluding hydrogens is 254 g/mol. The Labute approximate surface area is 118 Å². The van der Waals surface area contributed by atoms with E-state index >= 15 is 0 Å². The van der Waals surface area contributed by atoms with Crippen molar-refractivity contribution in [2.24, 2.45) is 0 Å². The van der Waals surface area contributed by atoms with Gasteiger partial charge < -0.3 is 19.8 Å². The van der Waals surface area contributed by atoms with Crippen LogP contribution in [0.15, 0.2) is 24.3 Å². The van der Waals surface area contributed by atoms with Crippen LogP contribution in [0.4, 0.5) is 0 Å². The molecule has 3 atom stereocenters. The molecule has 1 aromatic carbocycles. The number of hydrogen-bond donors (Lipinski definition) is 2. The number of phenols is 1. The Morgan fingerprint density at radius 3 is 3.10 bits per heavy atom. The van der Waals surface area contributed by atoms with Gasteiger partial charge in [-0.05, 0) is 31.6 Å². The third kappa shape index (κ3) is 1.49. The second-order valence-corrected chi connectivity index (χ2v) is 6.24. The Hall–Kier alpha value is -1.52. The Balaban J connectivity index is 1.96. The summed E-state index contributed by atoms with van der Waals surface area (Å²) in [6, 6.07) is 3.72. The first-order chi connectivity index (χ1) is 9.60. The summed E-state index contributed by atoms with van der Waals surface area (Å²) < 4.78 is 6.04. The van der Waals surface area contributed by atoms with E-state index in [1.807, 2.05) is 12.1 Å². The first-order valence-electron chi connectivity index (χ1n) is 7.18. The molecule has 0 unspecified atom stereocenters. The Bertz CT molecular complexity index is 598. The van der Waals surface area contributed by atoms with E-state index in [2.05, 4.69) is 18.0 Å². The molecule has 0 saturated carbocycles. The van der Waals surface area contributed by atoms with E-state index in [1.54, 1.807) is 6.07 Å². The molecule has 2 N–H and O–H groups in total. The molecule has 20 heavy (non-hydrogen) atoms. The third-order valence-electron chi connectivity index (χ3n) is 4.94. The molecule has 0 bridgehead atoms. The lowest BCUT2D eigenvalue weighted by molar-refractivity contribution is 0.0822. The fraction of sp³-hybridized carbons (Fsp3) is 0.500. The molecule has 1 aliphatic carbocycles. The Morgan fingerprint density at radius 2 is 2.25 bits per heavy atom. The normalized spacial score (nSPS) is 35.1. The highest BCUT2D eigenvalue weighted by Crippen LogP contribution is 2.55. The first kappa shape index (κ1) is 12.2. The van der Waals surface area contributed by atoms with Gasteiger partial charge in [-0.2, -0.15) is 0 Å². The summed E-state index contributed by atoms with van der Waals surface area (Å²) in [6.07, 6.45) is 5.02. The van der Waals surface area contributed by atoms with Crippen LogP contribution in [-0.4, -0.2) is 40.9 Å². The van der Waals surface area contributed by atoms with Crippen molar-refractivity contribution in [3.8, 4) is 11.5 Å². The van der Waals surface area contributed by atoms with Gasteiger partial charge in [-0.3, -0.25) is 0 Å². The summed E-state index contributed by atoms with van der Waals surface area (Å²) in [6.45, 7) is 1.85. The number of aliphatic hydroxyl groups is 1. The first-order valence-corrected chi connectivity index (χ1v) is 7.18. The molecule has 4 nitrogen and oxygen atoms in total. The minimum absolute atomic E-state index is 0.0731. The topological polar surface area (TPSA) is 52.9 Å². The molecule has 0 saturated heterocycles. The number of aliphatic hydroxyl groups excluding tert-OH is 1. The number of ether oxygens (including phenoxy) is 1. The summed E-state index contributed by atoms with van der Waals surface area (Å²) in [5, 5.41) is 20.0. The van der Waals surface area contributed by atoms with Crippen molar-refractivity contribution in [2.75, 3.05) is 13.6 Å². The highest BCUT2D eigenvalue weighted by atomic mass is 16.5. The number of rotatable bonds is 0. The van der Waals surface area contributed by atoms with Gasteiger partial charge in [0.1, 0.15) is 6.10 Å². The Morgan fingerprint density at radius 1 is 1.40 bits per heavy atom. The van der Waals surface area contributed by atoms with Gasteiger partial charge in [-0.25, -0.2) is 0 Å². The van der Waals surface area contributed by atoms with Crippen LogP contribution in [0.25, 0.3) is 0 Å². The van der Waals surface area contributed by atoms with E-state index in [-0.39, 0.29) is 17.3 Å². The molecule has 0 aromatic heterocycles. The van der Waals surface area contributed by atoms with Gasteiger partial charge in [-0.15, -0.1) is 0 Å². The summed E-state index contributed by atoms with van der Waals surface area (Å²) in [7, 11) is 2.12. The van der Waals surface area contributed by atoms with Crippen LogP contribution in [0.2, 0.25) is 0 Å². The van der Waals surface area contributed by atoms with Gasteiger partial charge >= 0.3 is 0 Å². The average molecular weight is 273 g/mol. The fourth-order valence-corrected chi connectivity index (χ4v) is 3.93. The lowest BCUT2D eigenvalue weighted by atomic mass is 9.69. The smallest absolute Gasteiger partial charge is 0.165 e. The van der Waals surface area contributed by atoms with Gasteiger partial charge in [0.05, 0.1) is 11.5 Å². The minimum atomic E-state index is -0.452. The summed E-state index contributed by atoms with van der Waals surface area (Å²) in [5.41, 5.74) is 2.17. The van der Waals surface area contributed by atoms with Gasteiger partial charge in [0, 0.05) is 18.5 Å². The van der Waals surface area contributed by atoms with Crippen LogP contribution < -0.4 is 4.74 Å². The second-order valence-electron chi connectivity index (χ2n) is 6.24. The largest absolute Gasteiger partial charge is 0.504 e. The molecule has 3 aliphatic rings. The molecule has 1 spiro atoms. The molecule has 0 radical (unpaired) electrons. The van der Waals surface area contributed by atoms with Crippen LogP contribution in [0.5, 0.6) is 11.5 Å². The molecule has 4 heteroatoms. The van der Waals surface area contributed by atoms with E-state index in [4.69, 9.17) is 4.74 Å². The SMILES string of the molecule is CN1CC[C@@]23C=C[C@H](O)C[C@H]2Oc2c(O)ccc(c23)C1. The zero-order valence-electron chi connectivity index (χ0n) is 11.5. The van der Waals surface area contributed by atoms with E-state index in [9.17, 15) is 10.2 Å². The highest BCUT2D eigenvalue weighted by Gasteiger charge is 2.52. The maximum absolute atomic E-state index is 10.1. The average Bonchev–Trinajstić information content (AvgIpc) is 2.68. The number of benzene rings is 1. The standard InChI is InChI=1S/C16H19NO3/c1-17-7-6-16-5-4-11(18)8-13(16)20-15-12(19)3-2-10(9-17)14(15)16/h2-5,11,13,18-19H,6-9H2,1H3/t11-,13+,16-/m0/s1. The van der Waals surface area contributed by atoms with E-state index in [1.165, 1.54) is 5.56 Å². The van der Waals surface area contributed by atoms with Crippen molar-refractivity contribution < 1.29 is 14.9 Å². The fourth-order valence-electron chi connectivity index (χ4n) is 3.93. The molecule has 0 amide bonds.